The molecule has 0 aromatic carbocycles. The highest BCUT2D eigenvalue weighted by atomic mass is 32.2. The number of amides is 1. The third-order valence-electron chi connectivity index (χ3n) is 2.90. The summed E-state index contributed by atoms with van der Waals surface area (Å²) in [6.07, 6.45) is 0.484. The predicted molar refractivity (Wildman–Crippen MR) is 77.4 cm³/mol. The van der Waals surface area contributed by atoms with Crippen LogP contribution in [0.1, 0.15) is 46.8 Å². The molecule has 1 aromatic rings. The van der Waals surface area contributed by atoms with Crippen LogP contribution in [0.25, 0.3) is 0 Å². The van der Waals surface area contributed by atoms with E-state index in [1.807, 2.05) is 20.8 Å². The van der Waals surface area contributed by atoms with Crippen LogP contribution in [0, 0.1) is 0 Å². The molecule has 114 valence electrons. The molecule has 1 aromatic heterocycles. The van der Waals surface area contributed by atoms with E-state index in [9.17, 15) is 13.2 Å². The Kier molecular flexibility index (Phi) is 4.96. The second kappa shape index (κ2) is 5.95. The van der Waals surface area contributed by atoms with Gasteiger partial charge in [-0.1, -0.05) is 32.9 Å². The highest BCUT2D eigenvalue weighted by Crippen LogP contribution is 2.24. The van der Waals surface area contributed by atoms with Gasteiger partial charge in [-0.15, -0.1) is 0 Å². The number of rotatable bonds is 5. The van der Waals surface area contributed by atoms with Crippen molar-refractivity contribution in [1.29, 1.82) is 0 Å². The fourth-order valence-corrected chi connectivity index (χ4v) is 2.85. The molecule has 0 spiro atoms. The molecule has 0 aliphatic carbocycles. The molecule has 0 aliphatic rings. The SMILES string of the molecule is CCCS(=O)(=O)C(C)C(=O)Nc1cc(C(C)(C)C)on1. The smallest absolute Gasteiger partial charge is 0.243 e. The highest BCUT2D eigenvalue weighted by Gasteiger charge is 2.28. The molecule has 0 fully saturated rings. The van der Waals surface area contributed by atoms with Crippen LogP contribution in [-0.4, -0.2) is 30.5 Å². The molecule has 1 atom stereocenters. The van der Waals surface area contributed by atoms with Crippen LogP contribution in [0.15, 0.2) is 10.6 Å². The molecule has 1 amide bonds. The number of nitrogens with one attached hydrogen (secondary N) is 1. The normalized spacial score (nSPS) is 14.1. The number of carbonyl (C=O) groups excluding carboxylic acids is 1. The average Bonchev–Trinajstić information content (AvgIpc) is 2.76. The van der Waals surface area contributed by atoms with Gasteiger partial charge in [-0.25, -0.2) is 8.42 Å². The number of anilines is 1. The molecule has 0 aliphatic heterocycles. The Morgan fingerprint density at radius 3 is 2.50 bits per heavy atom. The maximum absolute atomic E-state index is 11.9. The molecule has 1 N–H and O–H groups in total. The fraction of sp³-hybridized carbons (Fsp3) is 0.692. The molecule has 0 saturated heterocycles. The topological polar surface area (TPSA) is 89.3 Å². The predicted octanol–water partition coefficient (Wildman–Crippen LogP) is 2.12. The first kappa shape index (κ1) is 16.7. The van der Waals surface area contributed by atoms with Gasteiger partial charge in [0.15, 0.2) is 15.7 Å². The van der Waals surface area contributed by atoms with Crippen molar-refractivity contribution in [3.8, 4) is 0 Å². The Morgan fingerprint density at radius 1 is 1.45 bits per heavy atom. The van der Waals surface area contributed by atoms with E-state index in [4.69, 9.17) is 4.52 Å². The van der Waals surface area contributed by atoms with E-state index in [1.165, 1.54) is 6.92 Å². The van der Waals surface area contributed by atoms with Crippen molar-refractivity contribution in [3.05, 3.63) is 11.8 Å². The van der Waals surface area contributed by atoms with Gasteiger partial charge in [0.25, 0.3) is 0 Å². The van der Waals surface area contributed by atoms with E-state index in [0.29, 0.717) is 12.2 Å². The van der Waals surface area contributed by atoms with Crippen molar-refractivity contribution in [2.75, 3.05) is 11.1 Å². The van der Waals surface area contributed by atoms with Gasteiger partial charge in [0.05, 0.1) is 5.75 Å². The number of sulfone groups is 1. The van der Waals surface area contributed by atoms with Crippen molar-refractivity contribution in [2.24, 2.45) is 0 Å². The van der Waals surface area contributed by atoms with Gasteiger partial charge < -0.3 is 9.84 Å². The van der Waals surface area contributed by atoms with Crippen molar-refractivity contribution >= 4 is 21.6 Å². The van der Waals surface area contributed by atoms with E-state index < -0.39 is 21.0 Å². The number of aromatic nitrogens is 1. The summed E-state index contributed by atoms with van der Waals surface area (Å²) in [4.78, 5) is 11.9. The van der Waals surface area contributed by atoms with Gasteiger partial charge in [-0.05, 0) is 13.3 Å². The minimum absolute atomic E-state index is 0.00631. The van der Waals surface area contributed by atoms with Gasteiger partial charge in [0.1, 0.15) is 11.0 Å². The highest BCUT2D eigenvalue weighted by molar-refractivity contribution is 7.92. The summed E-state index contributed by atoms with van der Waals surface area (Å²) in [5.41, 5.74) is -0.226. The number of hydrogen-bond donors (Lipinski definition) is 1. The molecular formula is C13H22N2O4S. The molecular weight excluding hydrogens is 280 g/mol. The molecule has 0 radical (unpaired) electrons. The maximum atomic E-state index is 11.9. The molecule has 0 bridgehead atoms. The lowest BCUT2D eigenvalue weighted by molar-refractivity contribution is -0.115. The van der Waals surface area contributed by atoms with Gasteiger partial charge in [-0.3, -0.25) is 4.79 Å². The minimum atomic E-state index is -3.42. The zero-order valence-corrected chi connectivity index (χ0v) is 13.4. The van der Waals surface area contributed by atoms with Crippen LogP contribution in [-0.2, 0) is 20.0 Å². The van der Waals surface area contributed by atoms with Crippen LogP contribution in [0.3, 0.4) is 0 Å². The van der Waals surface area contributed by atoms with Gasteiger partial charge in [-0.2, -0.15) is 0 Å². The van der Waals surface area contributed by atoms with E-state index in [-0.39, 0.29) is 17.0 Å². The maximum Gasteiger partial charge on any atom is 0.243 e. The van der Waals surface area contributed by atoms with Gasteiger partial charge >= 0.3 is 0 Å². The van der Waals surface area contributed by atoms with Crippen LogP contribution < -0.4 is 5.32 Å². The fourth-order valence-electron chi connectivity index (χ4n) is 1.54. The van der Waals surface area contributed by atoms with E-state index >= 15 is 0 Å². The molecule has 20 heavy (non-hydrogen) atoms. The second-order valence-corrected chi connectivity index (χ2v) is 8.27. The lowest BCUT2D eigenvalue weighted by atomic mass is 9.93. The van der Waals surface area contributed by atoms with Crippen molar-refractivity contribution in [1.82, 2.24) is 5.16 Å². The van der Waals surface area contributed by atoms with E-state index in [0.717, 1.165) is 0 Å². The lowest BCUT2D eigenvalue weighted by Crippen LogP contribution is -2.34. The summed E-state index contributed by atoms with van der Waals surface area (Å²) in [7, 11) is -3.42. The zero-order chi connectivity index (χ0) is 15.6. The Bertz CT molecular complexity index is 569. The van der Waals surface area contributed by atoms with Crippen molar-refractivity contribution in [3.63, 3.8) is 0 Å². The van der Waals surface area contributed by atoms with Crippen LogP contribution in [0.5, 0.6) is 0 Å². The number of hydrogen-bond acceptors (Lipinski definition) is 5. The quantitative estimate of drug-likeness (QED) is 0.900. The first-order valence-electron chi connectivity index (χ1n) is 6.57. The Balaban J connectivity index is 2.79. The van der Waals surface area contributed by atoms with Crippen molar-refractivity contribution < 1.29 is 17.7 Å². The third kappa shape index (κ3) is 4.06. The number of nitrogens with zero attached hydrogens (tertiary/aromatic N) is 1. The third-order valence-corrected chi connectivity index (χ3v) is 5.17. The van der Waals surface area contributed by atoms with Crippen LogP contribution >= 0.6 is 0 Å². The number of carbonyl (C=O) groups is 1. The van der Waals surface area contributed by atoms with Gasteiger partial charge in [0.2, 0.25) is 5.91 Å². The lowest BCUT2D eigenvalue weighted by Gasteiger charge is -2.12. The molecule has 1 heterocycles. The summed E-state index contributed by atoms with van der Waals surface area (Å²) < 4.78 is 28.8. The first-order chi connectivity index (χ1) is 9.08. The summed E-state index contributed by atoms with van der Waals surface area (Å²) in [5.74, 6) is 0.260. The molecule has 1 rings (SSSR count). The molecule has 6 nitrogen and oxygen atoms in total. The summed E-state index contributed by atoms with van der Waals surface area (Å²) in [6, 6.07) is 1.61. The second-order valence-electron chi connectivity index (χ2n) is 5.82. The first-order valence-corrected chi connectivity index (χ1v) is 8.29. The Morgan fingerprint density at radius 2 is 2.05 bits per heavy atom. The molecule has 7 heteroatoms. The van der Waals surface area contributed by atoms with E-state index in [1.54, 1.807) is 13.0 Å². The Hall–Kier alpha value is -1.37. The average molecular weight is 302 g/mol. The monoisotopic (exact) mass is 302 g/mol. The summed E-state index contributed by atoms with van der Waals surface area (Å²) in [5, 5.41) is 5.11. The van der Waals surface area contributed by atoms with Gasteiger partial charge in [0, 0.05) is 11.5 Å². The Labute approximate surface area is 119 Å². The van der Waals surface area contributed by atoms with Crippen molar-refractivity contribution in [2.45, 2.75) is 51.7 Å². The van der Waals surface area contributed by atoms with E-state index in [2.05, 4.69) is 10.5 Å². The van der Waals surface area contributed by atoms with Crippen LogP contribution in [0.2, 0.25) is 0 Å². The zero-order valence-electron chi connectivity index (χ0n) is 12.6. The van der Waals surface area contributed by atoms with Crippen LogP contribution in [0.4, 0.5) is 5.82 Å². The molecule has 0 saturated carbocycles. The minimum Gasteiger partial charge on any atom is -0.359 e. The largest absolute Gasteiger partial charge is 0.359 e. The summed E-state index contributed by atoms with van der Waals surface area (Å²) >= 11 is 0. The summed E-state index contributed by atoms with van der Waals surface area (Å²) in [6.45, 7) is 8.99. The standard InChI is InChI=1S/C13H22N2O4S/c1-6-7-20(17,18)9(2)12(16)14-11-8-10(19-15-11)13(3,4)5/h8-9H,6-7H2,1-5H3,(H,14,15,16). The molecule has 1 unspecified atom stereocenters.